The van der Waals surface area contributed by atoms with Gasteiger partial charge in [-0.15, -0.1) is 0 Å². The van der Waals surface area contributed by atoms with Crippen molar-refractivity contribution < 1.29 is 19.0 Å². The molecule has 3 rings (SSSR count). The molecule has 1 unspecified atom stereocenters. The fraction of sp³-hybridized carbons (Fsp3) is 0.562. The molecule has 1 aliphatic heterocycles. The van der Waals surface area contributed by atoms with Crippen LogP contribution in [0.5, 0.6) is 5.75 Å². The molecule has 0 amide bonds. The van der Waals surface area contributed by atoms with E-state index in [4.69, 9.17) is 19.9 Å². The Bertz CT molecular complexity index is 539. The van der Waals surface area contributed by atoms with E-state index in [9.17, 15) is 4.79 Å². The molecular formula is C16H21NO4. The molecule has 1 saturated carbocycles. The molecule has 1 aromatic rings. The van der Waals surface area contributed by atoms with Crippen LogP contribution in [0.1, 0.15) is 42.5 Å². The molecule has 0 radical (unpaired) electrons. The summed E-state index contributed by atoms with van der Waals surface area (Å²) < 4.78 is 16.8. The Morgan fingerprint density at radius 3 is 2.90 bits per heavy atom. The molecule has 1 aromatic carbocycles. The normalized spacial score (nSPS) is 23.4. The molecule has 1 spiro atoms. The second-order valence-electron chi connectivity index (χ2n) is 5.86. The number of benzene rings is 1. The van der Waals surface area contributed by atoms with Gasteiger partial charge >= 0.3 is 5.97 Å². The summed E-state index contributed by atoms with van der Waals surface area (Å²) >= 11 is 0. The van der Waals surface area contributed by atoms with Gasteiger partial charge in [0.15, 0.2) is 0 Å². The lowest BCUT2D eigenvalue weighted by atomic mass is 9.74. The minimum atomic E-state index is -0.407. The lowest BCUT2D eigenvalue weighted by Gasteiger charge is -2.47. The molecule has 2 N–H and O–H groups in total. The van der Waals surface area contributed by atoms with Crippen LogP contribution in [0.25, 0.3) is 0 Å². The standard InChI is InChI=1S/C16H21NO4/c1-19-15(18)13-4-3-11(17)9-14(13)21-12-5-8-20-16(10-12)6-2-7-16/h3-4,9,12H,2,5-8,10,17H2,1H3. The van der Waals surface area contributed by atoms with Gasteiger partial charge in [0.05, 0.1) is 19.3 Å². The number of nitrogens with two attached hydrogens (primary N) is 1. The van der Waals surface area contributed by atoms with Gasteiger partial charge in [-0.1, -0.05) is 0 Å². The first kappa shape index (κ1) is 14.2. The van der Waals surface area contributed by atoms with Crippen LogP contribution in [0.4, 0.5) is 5.69 Å². The van der Waals surface area contributed by atoms with Crippen LogP contribution < -0.4 is 10.5 Å². The maximum absolute atomic E-state index is 11.8. The minimum Gasteiger partial charge on any atom is -0.489 e. The Balaban J connectivity index is 1.77. The SMILES string of the molecule is COC(=O)c1ccc(N)cc1OC1CCOC2(CCC2)C1. The second kappa shape index (κ2) is 5.56. The summed E-state index contributed by atoms with van der Waals surface area (Å²) in [6.45, 7) is 0.709. The van der Waals surface area contributed by atoms with Gasteiger partial charge < -0.3 is 19.9 Å². The van der Waals surface area contributed by atoms with E-state index in [0.717, 1.165) is 25.7 Å². The van der Waals surface area contributed by atoms with Crippen molar-refractivity contribution in [3.05, 3.63) is 23.8 Å². The zero-order valence-electron chi connectivity index (χ0n) is 12.3. The molecule has 1 atom stereocenters. The third kappa shape index (κ3) is 2.83. The van der Waals surface area contributed by atoms with Gasteiger partial charge in [0.1, 0.15) is 17.4 Å². The second-order valence-corrected chi connectivity index (χ2v) is 5.86. The van der Waals surface area contributed by atoms with E-state index in [1.54, 1.807) is 18.2 Å². The lowest BCUT2D eigenvalue weighted by Crippen LogP contribution is -2.48. The van der Waals surface area contributed by atoms with Crippen LogP contribution in [0.2, 0.25) is 0 Å². The van der Waals surface area contributed by atoms with Gasteiger partial charge in [-0.2, -0.15) is 0 Å². The fourth-order valence-corrected chi connectivity index (χ4v) is 3.10. The quantitative estimate of drug-likeness (QED) is 0.684. The maximum Gasteiger partial charge on any atom is 0.341 e. The number of nitrogen functional groups attached to an aromatic ring is 1. The van der Waals surface area contributed by atoms with Crippen LogP contribution in [-0.4, -0.2) is 31.4 Å². The van der Waals surface area contributed by atoms with Crippen LogP contribution >= 0.6 is 0 Å². The third-order valence-electron chi connectivity index (χ3n) is 4.42. The highest BCUT2D eigenvalue weighted by atomic mass is 16.5. The number of hydrogen-bond acceptors (Lipinski definition) is 5. The summed E-state index contributed by atoms with van der Waals surface area (Å²) in [7, 11) is 1.36. The third-order valence-corrected chi connectivity index (χ3v) is 4.42. The molecule has 5 nitrogen and oxygen atoms in total. The Morgan fingerprint density at radius 2 is 2.24 bits per heavy atom. The monoisotopic (exact) mass is 291 g/mol. The Labute approximate surface area is 124 Å². The number of methoxy groups -OCH3 is 1. The summed E-state index contributed by atoms with van der Waals surface area (Å²) in [5.74, 6) is 0.0960. The highest BCUT2D eigenvalue weighted by molar-refractivity contribution is 5.93. The molecule has 1 aliphatic carbocycles. The molecular weight excluding hydrogens is 270 g/mol. The minimum absolute atomic E-state index is 0.00860. The summed E-state index contributed by atoms with van der Waals surface area (Å²) in [4.78, 5) is 11.8. The van der Waals surface area contributed by atoms with E-state index in [1.165, 1.54) is 13.5 Å². The Kier molecular flexibility index (Phi) is 3.76. The average Bonchev–Trinajstić information content (AvgIpc) is 2.45. The van der Waals surface area contributed by atoms with Crippen LogP contribution in [-0.2, 0) is 9.47 Å². The number of hydrogen-bond donors (Lipinski definition) is 1. The van der Waals surface area contributed by atoms with E-state index in [0.29, 0.717) is 23.6 Å². The molecule has 2 fully saturated rings. The molecule has 2 aliphatic rings. The summed E-state index contributed by atoms with van der Waals surface area (Å²) in [5, 5.41) is 0. The average molecular weight is 291 g/mol. The Morgan fingerprint density at radius 1 is 1.43 bits per heavy atom. The van der Waals surface area contributed by atoms with Gasteiger partial charge in [-0.3, -0.25) is 0 Å². The first-order valence-corrected chi connectivity index (χ1v) is 7.40. The van der Waals surface area contributed by atoms with Crippen molar-refractivity contribution >= 4 is 11.7 Å². The van der Waals surface area contributed by atoms with Crippen LogP contribution in [0.3, 0.4) is 0 Å². The van der Waals surface area contributed by atoms with E-state index < -0.39 is 5.97 Å². The zero-order valence-corrected chi connectivity index (χ0v) is 12.3. The van der Waals surface area contributed by atoms with E-state index in [2.05, 4.69) is 0 Å². The first-order chi connectivity index (χ1) is 10.1. The van der Waals surface area contributed by atoms with Crippen molar-refractivity contribution in [1.29, 1.82) is 0 Å². The van der Waals surface area contributed by atoms with Gasteiger partial charge in [-0.05, 0) is 31.4 Å². The smallest absolute Gasteiger partial charge is 0.341 e. The van der Waals surface area contributed by atoms with Crippen molar-refractivity contribution in [1.82, 2.24) is 0 Å². The topological polar surface area (TPSA) is 70.8 Å². The van der Waals surface area contributed by atoms with Crippen molar-refractivity contribution in [3.8, 4) is 5.75 Å². The number of carbonyl (C=O) groups is 1. The van der Waals surface area contributed by atoms with Crippen molar-refractivity contribution in [2.45, 2.75) is 43.8 Å². The lowest BCUT2D eigenvalue weighted by molar-refractivity contribution is -0.153. The first-order valence-electron chi connectivity index (χ1n) is 7.40. The van der Waals surface area contributed by atoms with Gasteiger partial charge in [0.2, 0.25) is 0 Å². The number of carbonyl (C=O) groups excluding carboxylic acids is 1. The number of anilines is 1. The molecule has 21 heavy (non-hydrogen) atoms. The Hall–Kier alpha value is -1.75. The number of rotatable bonds is 3. The van der Waals surface area contributed by atoms with Crippen molar-refractivity contribution in [2.24, 2.45) is 0 Å². The molecule has 1 saturated heterocycles. The number of ether oxygens (including phenoxy) is 3. The predicted octanol–water partition coefficient (Wildman–Crippen LogP) is 2.54. The fourth-order valence-electron chi connectivity index (χ4n) is 3.10. The molecule has 0 bridgehead atoms. The van der Waals surface area contributed by atoms with Crippen LogP contribution in [0, 0.1) is 0 Å². The van der Waals surface area contributed by atoms with Crippen LogP contribution in [0.15, 0.2) is 18.2 Å². The molecule has 1 heterocycles. The highest BCUT2D eigenvalue weighted by Gasteiger charge is 2.43. The van der Waals surface area contributed by atoms with Gasteiger partial charge in [-0.25, -0.2) is 4.79 Å². The zero-order chi connectivity index (χ0) is 14.9. The molecule has 114 valence electrons. The summed E-state index contributed by atoms with van der Waals surface area (Å²) in [5.41, 5.74) is 6.81. The summed E-state index contributed by atoms with van der Waals surface area (Å²) in [6, 6.07) is 5.01. The van der Waals surface area contributed by atoms with Gasteiger partial charge in [0, 0.05) is 24.6 Å². The van der Waals surface area contributed by atoms with Gasteiger partial charge in [0.25, 0.3) is 0 Å². The van der Waals surface area contributed by atoms with E-state index in [1.807, 2.05) is 0 Å². The predicted molar refractivity (Wildman–Crippen MR) is 78.4 cm³/mol. The molecule has 5 heteroatoms. The van der Waals surface area contributed by atoms with E-state index >= 15 is 0 Å². The summed E-state index contributed by atoms with van der Waals surface area (Å²) in [6.07, 6.45) is 5.20. The highest BCUT2D eigenvalue weighted by Crippen LogP contribution is 2.43. The van der Waals surface area contributed by atoms with Crippen molar-refractivity contribution in [3.63, 3.8) is 0 Å². The number of esters is 1. The molecule has 0 aromatic heterocycles. The largest absolute Gasteiger partial charge is 0.489 e. The maximum atomic E-state index is 11.8. The van der Waals surface area contributed by atoms with Crippen molar-refractivity contribution in [2.75, 3.05) is 19.5 Å². The van der Waals surface area contributed by atoms with E-state index in [-0.39, 0.29) is 11.7 Å².